The number of ether oxygens (including phenoxy) is 1. The summed E-state index contributed by atoms with van der Waals surface area (Å²) in [6.45, 7) is 8.08. The van der Waals surface area contributed by atoms with Crippen LogP contribution >= 0.6 is 0 Å². The van der Waals surface area contributed by atoms with Crippen molar-refractivity contribution in [3.8, 4) is 0 Å². The summed E-state index contributed by atoms with van der Waals surface area (Å²) in [6.07, 6.45) is 0.290. The number of likely N-dealkylation sites (N-methyl/N-ethyl adjacent to an activating group) is 1. The van der Waals surface area contributed by atoms with Crippen LogP contribution in [0.15, 0.2) is 67.3 Å². The summed E-state index contributed by atoms with van der Waals surface area (Å²) >= 11 is 0. The lowest BCUT2D eigenvalue weighted by Gasteiger charge is -2.33. The van der Waals surface area contributed by atoms with Gasteiger partial charge in [0.05, 0.1) is 17.8 Å². The molecule has 4 rings (SSSR count). The van der Waals surface area contributed by atoms with Crippen LogP contribution in [0.4, 0.5) is 16.3 Å². The highest BCUT2D eigenvalue weighted by Gasteiger charge is 2.46. The van der Waals surface area contributed by atoms with Crippen LogP contribution in [-0.2, 0) is 28.7 Å². The normalized spacial score (nSPS) is 14.5. The largest absolute Gasteiger partial charge is 0.440 e. The van der Waals surface area contributed by atoms with Crippen molar-refractivity contribution in [2.24, 2.45) is 7.05 Å². The third kappa shape index (κ3) is 5.85. The van der Waals surface area contributed by atoms with Crippen molar-refractivity contribution < 1.29 is 19.1 Å². The number of amides is 3. The number of carbonyl (C=O) groups is 3. The molecule has 1 atom stereocenters. The zero-order valence-electron chi connectivity index (χ0n) is 22.9. The van der Waals surface area contributed by atoms with E-state index in [-0.39, 0.29) is 18.4 Å². The highest BCUT2D eigenvalue weighted by atomic mass is 16.6. The first-order valence-electron chi connectivity index (χ1n) is 12.6. The van der Waals surface area contributed by atoms with Gasteiger partial charge in [0.25, 0.3) is 5.91 Å². The van der Waals surface area contributed by atoms with Gasteiger partial charge in [-0.2, -0.15) is 5.10 Å². The highest BCUT2D eigenvalue weighted by Crippen LogP contribution is 2.42. The Balaban J connectivity index is 1.52. The molecule has 0 saturated heterocycles. The lowest BCUT2D eigenvalue weighted by molar-refractivity contribution is -0.111. The molecule has 1 aromatic heterocycles. The van der Waals surface area contributed by atoms with Crippen molar-refractivity contribution in [3.63, 3.8) is 0 Å². The van der Waals surface area contributed by atoms with Gasteiger partial charge >= 0.3 is 6.09 Å². The van der Waals surface area contributed by atoms with Gasteiger partial charge in [0.2, 0.25) is 5.91 Å². The molecule has 0 aliphatic carbocycles. The lowest BCUT2D eigenvalue weighted by Crippen LogP contribution is -2.42. The molecular weight excluding hydrogens is 496 g/mol. The molecule has 2 heterocycles. The van der Waals surface area contributed by atoms with Crippen molar-refractivity contribution in [1.82, 2.24) is 19.6 Å². The SMILES string of the molecule is C=CC(=O)Nc1ccc(C(=O)Nc2nn(C)c3c2CN(C(=O)OC(CN(C)C)c2ccccc2)C3(C)C)cc1. The first-order chi connectivity index (χ1) is 18.5. The van der Waals surface area contributed by atoms with E-state index in [1.165, 1.54) is 6.08 Å². The molecule has 204 valence electrons. The number of hydrogen-bond donors (Lipinski definition) is 2. The second-order valence-corrected chi connectivity index (χ2v) is 10.2. The standard InChI is InChI=1S/C29H34N6O4/c1-7-24(36)30-21-15-13-20(14-16-21)27(37)31-26-22-17-35(29(2,3)25(22)34(6)32-26)28(38)39-23(18-33(4)5)19-11-9-8-10-12-19/h7-16,23H,1,17-18H2,2-6H3,(H,30,36)(H,31,32,37). The molecule has 10 heteroatoms. The first-order valence-corrected chi connectivity index (χ1v) is 12.6. The molecule has 0 fully saturated rings. The molecule has 2 aromatic carbocycles. The topological polar surface area (TPSA) is 109 Å². The maximum atomic E-state index is 13.5. The van der Waals surface area contributed by atoms with Crippen LogP contribution in [0.25, 0.3) is 0 Å². The molecule has 0 saturated carbocycles. The Kier molecular flexibility index (Phi) is 7.87. The molecule has 1 unspecified atom stereocenters. The summed E-state index contributed by atoms with van der Waals surface area (Å²) < 4.78 is 7.73. The number of fused-ring (bicyclic) bond motifs is 1. The number of carbonyl (C=O) groups excluding carboxylic acids is 3. The van der Waals surface area contributed by atoms with Gasteiger partial charge in [-0.3, -0.25) is 19.2 Å². The van der Waals surface area contributed by atoms with Crippen LogP contribution in [0.2, 0.25) is 0 Å². The Morgan fingerprint density at radius 3 is 2.38 bits per heavy atom. The monoisotopic (exact) mass is 530 g/mol. The molecule has 1 aliphatic heterocycles. The number of aryl methyl sites for hydroxylation is 1. The second kappa shape index (κ2) is 11.1. The molecule has 10 nitrogen and oxygen atoms in total. The molecular formula is C29H34N6O4. The van der Waals surface area contributed by atoms with E-state index in [2.05, 4.69) is 22.3 Å². The number of anilines is 2. The molecule has 0 spiro atoms. The van der Waals surface area contributed by atoms with E-state index in [4.69, 9.17) is 4.74 Å². The van der Waals surface area contributed by atoms with E-state index < -0.39 is 17.7 Å². The van der Waals surface area contributed by atoms with Gasteiger partial charge in [-0.15, -0.1) is 0 Å². The van der Waals surface area contributed by atoms with Crippen LogP contribution in [0, 0.1) is 0 Å². The van der Waals surface area contributed by atoms with E-state index in [1.807, 2.05) is 63.2 Å². The Morgan fingerprint density at radius 1 is 1.10 bits per heavy atom. The van der Waals surface area contributed by atoms with Crippen LogP contribution in [0.1, 0.15) is 47.1 Å². The Morgan fingerprint density at radius 2 is 1.77 bits per heavy atom. The fraction of sp³-hybridized carbons (Fsp3) is 0.310. The van der Waals surface area contributed by atoms with Crippen molar-refractivity contribution in [1.29, 1.82) is 0 Å². The molecule has 2 N–H and O–H groups in total. The smallest absolute Gasteiger partial charge is 0.411 e. The zero-order valence-corrected chi connectivity index (χ0v) is 22.9. The number of benzene rings is 2. The summed E-state index contributed by atoms with van der Waals surface area (Å²) in [5, 5.41) is 10.1. The van der Waals surface area contributed by atoms with Crippen molar-refractivity contribution in [2.75, 3.05) is 31.3 Å². The van der Waals surface area contributed by atoms with Gasteiger partial charge in [-0.25, -0.2) is 4.79 Å². The molecule has 0 bridgehead atoms. The van der Waals surface area contributed by atoms with Crippen LogP contribution in [0.5, 0.6) is 0 Å². The van der Waals surface area contributed by atoms with E-state index in [1.54, 1.807) is 40.9 Å². The predicted molar refractivity (Wildman–Crippen MR) is 149 cm³/mol. The fourth-order valence-electron chi connectivity index (χ4n) is 4.83. The zero-order chi connectivity index (χ0) is 28.3. The third-order valence-corrected chi connectivity index (χ3v) is 6.71. The number of hydrogen-bond acceptors (Lipinski definition) is 6. The summed E-state index contributed by atoms with van der Waals surface area (Å²) in [4.78, 5) is 41.7. The minimum absolute atomic E-state index is 0.237. The van der Waals surface area contributed by atoms with Gasteiger partial charge in [0.1, 0.15) is 6.10 Å². The third-order valence-electron chi connectivity index (χ3n) is 6.71. The molecule has 3 aromatic rings. The summed E-state index contributed by atoms with van der Waals surface area (Å²) in [5.74, 6) is -0.303. The minimum atomic E-state index is -0.721. The minimum Gasteiger partial charge on any atom is -0.440 e. The van der Waals surface area contributed by atoms with E-state index in [0.717, 1.165) is 16.8 Å². The molecule has 39 heavy (non-hydrogen) atoms. The molecule has 3 amide bonds. The average molecular weight is 531 g/mol. The maximum Gasteiger partial charge on any atom is 0.411 e. The Hall–Kier alpha value is -4.44. The fourth-order valence-corrected chi connectivity index (χ4v) is 4.83. The van der Waals surface area contributed by atoms with Gasteiger partial charge in [-0.05, 0) is 63.8 Å². The van der Waals surface area contributed by atoms with Crippen LogP contribution in [-0.4, -0.2) is 58.1 Å². The van der Waals surface area contributed by atoms with Gasteiger partial charge in [0.15, 0.2) is 5.82 Å². The second-order valence-electron chi connectivity index (χ2n) is 10.2. The molecule has 0 radical (unpaired) electrons. The van der Waals surface area contributed by atoms with Crippen molar-refractivity contribution >= 4 is 29.4 Å². The highest BCUT2D eigenvalue weighted by molar-refractivity contribution is 6.05. The number of rotatable bonds is 8. The Bertz CT molecular complexity index is 1380. The van der Waals surface area contributed by atoms with Gasteiger partial charge in [-0.1, -0.05) is 36.9 Å². The van der Waals surface area contributed by atoms with Crippen molar-refractivity contribution in [2.45, 2.75) is 32.0 Å². The summed E-state index contributed by atoms with van der Waals surface area (Å²) in [6, 6.07) is 16.2. The van der Waals surface area contributed by atoms with Crippen LogP contribution < -0.4 is 10.6 Å². The maximum absolute atomic E-state index is 13.5. The number of nitrogens with zero attached hydrogens (tertiary/aromatic N) is 4. The predicted octanol–water partition coefficient (Wildman–Crippen LogP) is 4.29. The number of aromatic nitrogens is 2. The first kappa shape index (κ1) is 27.6. The van der Waals surface area contributed by atoms with E-state index in [0.29, 0.717) is 23.6 Å². The number of nitrogens with one attached hydrogen (secondary N) is 2. The summed E-state index contributed by atoms with van der Waals surface area (Å²) in [7, 11) is 5.66. The Labute approximate surface area is 228 Å². The summed E-state index contributed by atoms with van der Waals surface area (Å²) in [5.41, 5.74) is 2.72. The average Bonchev–Trinajstić information content (AvgIpc) is 3.37. The van der Waals surface area contributed by atoms with Crippen molar-refractivity contribution in [3.05, 3.63) is 89.6 Å². The lowest BCUT2D eigenvalue weighted by atomic mass is 10.0. The quantitative estimate of drug-likeness (QED) is 0.421. The molecule has 1 aliphatic rings. The van der Waals surface area contributed by atoms with Crippen LogP contribution in [0.3, 0.4) is 0 Å². The van der Waals surface area contributed by atoms with E-state index in [9.17, 15) is 14.4 Å². The van der Waals surface area contributed by atoms with Gasteiger partial charge in [0, 0.05) is 30.4 Å². The van der Waals surface area contributed by atoms with E-state index >= 15 is 0 Å². The van der Waals surface area contributed by atoms with Gasteiger partial charge < -0.3 is 20.3 Å².